The van der Waals surface area contributed by atoms with E-state index in [-0.39, 0.29) is 0 Å². The fourth-order valence-electron chi connectivity index (χ4n) is 8.45. The predicted octanol–water partition coefficient (Wildman–Crippen LogP) is 13.9. The van der Waals surface area contributed by atoms with Gasteiger partial charge in [-0.15, -0.1) is 0 Å². The van der Waals surface area contributed by atoms with Crippen LogP contribution in [0.1, 0.15) is 0 Å². The normalized spacial score (nSPS) is 12.0. The zero-order valence-electron chi connectivity index (χ0n) is 29.3. The fourth-order valence-corrected chi connectivity index (χ4v) is 8.45. The molecule has 0 aliphatic carbocycles. The van der Waals surface area contributed by atoms with Gasteiger partial charge in [-0.3, -0.25) is 0 Å². The van der Waals surface area contributed by atoms with Gasteiger partial charge >= 0.3 is 0 Å². The summed E-state index contributed by atoms with van der Waals surface area (Å²) in [5.41, 5.74) is 11.2. The molecule has 0 atom stereocenters. The molecule has 6 heteroatoms. The van der Waals surface area contributed by atoms with Gasteiger partial charge in [-0.05, 0) is 54.6 Å². The third-order valence-electron chi connectivity index (χ3n) is 10.8. The Bertz CT molecular complexity index is 3440. The molecule has 6 nitrogen and oxygen atoms in total. The Morgan fingerprint density at radius 2 is 1.05 bits per heavy atom. The third kappa shape index (κ3) is 4.33. The number of benzene rings is 8. The van der Waals surface area contributed by atoms with Gasteiger partial charge in [-0.1, -0.05) is 115 Å². The van der Waals surface area contributed by atoms with E-state index >= 15 is 0 Å². The Kier molecular flexibility index (Phi) is 6.24. The van der Waals surface area contributed by atoms with Gasteiger partial charge in [0.05, 0.1) is 33.5 Å². The molecule has 0 aliphatic rings. The Balaban J connectivity index is 1.27. The van der Waals surface area contributed by atoms with Gasteiger partial charge in [0, 0.05) is 44.2 Å². The number of hydrogen-bond donors (Lipinski definition) is 0. The maximum absolute atomic E-state index is 6.93. The first-order chi connectivity index (χ1) is 27.3. The van der Waals surface area contributed by atoms with Gasteiger partial charge in [0.25, 0.3) is 0 Å². The summed E-state index contributed by atoms with van der Waals surface area (Å²) < 4.78 is 22.8. The Morgan fingerprint density at radius 1 is 0.436 bits per heavy atom. The number of para-hydroxylation sites is 6. The summed E-state index contributed by atoms with van der Waals surface area (Å²) in [5, 5.41) is 6.25. The first-order valence-electron chi connectivity index (χ1n) is 18.4. The molecule has 55 heavy (non-hydrogen) atoms. The molecule has 0 bridgehead atoms. The van der Waals surface area contributed by atoms with E-state index in [1.165, 1.54) is 0 Å². The first kappa shape index (κ1) is 29.9. The lowest BCUT2D eigenvalue weighted by atomic mass is 10.1. The molecule has 4 heterocycles. The van der Waals surface area contributed by atoms with Crippen LogP contribution in [0, 0.1) is 0 Å². The number of anilines is 3. The van der Waals surface area contributed by atoms with Crippen LogP contribution in [0.4, 0.5) is 17.1 Å². The molecule has 0 N–H and O–H groups in total. The monoisotopic (exact) mass is 707 g/mol. The van der Waals surface area contributed by atoms with Crippen molar-refractivity contribution in [2.75, 3.05) is 4.90 Å². The minimum atomic E-state index is 0.552. The molecule has 0 aliphatic heterocycles. The van der Waals surface area contributed by atoms with Crippen molar-refractivity contribution in [1.82, 2.24) is 9.55 Å². The molecule has 8 aromatic carbocycles. The van der Waals surface area contributed by atoms with Crippen molar-refractivity contribution in [3.8, 4) is 17.1 Å². The highest BCUT2D eigenvalue weighted by atomic mass is 16.4. The van der Waals surface area contributed by atoms with Crippen molar-refractivity contribution in [3.05, 3.63) is 176 Å². The second-order valence-electron chi connectivity index (χ2n) is 13.9. The molecule has 12 rings (SSSR count). The van der Waals surface area contributed by atoms with E-state index in [0.29, 0.717) is 17.1 Å². The SMILES string of the molecule is c1ccc(-c2nc3c(cc(N(c4cccc5c4oc4ccccc45)c4cccc5c6ccccc6n(-c6ccccc6)c45)c4oc5ccccc5c43)o2)cc1. The minimum absolute atomic E-state index is 0.552. The molecule has 0 radical (unpaired) electrons. The molecular formula is C49H29N3O3. The summed E-state index contributed by atoms with van der Waals surface area (Å²) in [7, 11) is 0. The number of rotatable bonds is 5. The average molecular weight is 708 g/mol. The van der Waals surface area contributed by atoms with E-state index in [1.54, 1.807) is 0 Å². The highest BCUT2D eigenvalue weighted by Gasteiger charge is 2.29. The van der Waals surface area contributed by atoms with Crippen molar-refractivity contribution in [2.45, 2.75) is 0 Å². The zero-order chi connectivity index (χ0) is 36.0. The first-order valence-corrected chi connectivity index (χ1v) is 18.4. The van der Waals surface area contributed by atoms with Crippen molar-refractivity contribution >= 4 is 93.8 Å². The van der Waals surface area contributed by atoms with Crippen molar-refractivity contribution in [3.63, 3.8) is 0 Å². The van der Waals surface area contributed by atoms with Gasteiger partial charge in [-0.2, -0.15) is 0 Å². The quantitative estimate of drug-likeness (QED) is 0.178. The minimum Gasteiger partial charge on any atom is -0.454 e. The predicted molar refractivity (Wildman–Crippen MR) is 223 cm³/mol. The van der Waals surface area contributed by atoms with Gasteiger partial charge in [0.2, 0.25) is 5.89 Å². The fraction of sp³-hybridized carbons (Fsp3) is 0. The van der Waals surface area contributed by atoms with E-state index in [9.17, 15) is 0 Å². The number of fused-ring (bicyclic) bond motifs is 11. The lowest BCUT2D eigenvalue weighted by molar-refractivity contribution is 0.619. The van der Waals surface area contributed by atoms with Crippen LogP contribution in [0.3, 0.4) is 0 Å². The van der Waals surface area contributed by atoms with Crippen LogP contribution in [0.25, 0.3) is 93.9 Å². The lowest BCUT2D eigenvalue weighted by Crippen LogP contribution is -2.12. The number of aromatic nitrogens is 2. The number of hydrogen-bond acceptors (Lipinski definition) is 5. The van der Waals surface area contributed by atoms with E-state index in [4.69, 9.17) is 18.2 Å². The summed E-state index contributed by atoms with van der Waals surface area (Å²) >= 11 is 0. The average Bonchev–Trinajstić information content (AvgIpc) is 4.02. The third-order valence-corrected chi connectivity index (χ3v) is 10.8. The second kappa shape index (κ2) is 11.5. The Morgan fingerprint density at radius 3 is 1.87 bits per heavy atom. The van der Waals surface area contributed by atoms with Crippen molar-refractivity contribution in [1.29, 1.82) is 0 Å². The Labute approximate surface area is 313 Å². The van der Waals surface area contributed by atoms with Crippen LogP contribution in [0.5, 0.6) is 0 Å². The van der Waals surface area contributed by atoms with Gasteiger partial charge < -0.3 is 22.7 Å². The molecule has 0 unspecified atom stereocenters. The summed E-state index contributed by atoms with van der Waals surface area (Å²) in [6.45, 7) is 0. The number of nitrogens with zero attached hydrogens (tertiary/aromatic N) is 3. The van der Waals surface area contributed by atoms with E-state index in [1.807, 2.05) is 60.7 Å². The highest BCUT2D eigenvalue weighted by molar-refractivity contribution is 6.23. The molecule has 0 saturated heterocycles. The molecule has 0 amide bonds. The van der Waals surface area contributed by atoms with E-state index < -0.39 is 0 Å². The zero-order valence-corrected chi connectivity index (χ0v) is 29.3. The molecular weight excluding hydrogens is 679 g/mol. The van der Waals surface area contributed by atoms with Crippen LogP contribution in [-0.2, 0) is 0 Å². The van der Waals surface area contributed by atoms with E-state index in [0.717, 1.165) is 93.9 Å². The van der Waals surface area contributed by atoms with Crippen LogP contribution in [0.15, 0.2) is 189 Å². The molecule has 0 fully saturated rings. The largest absolute Gasteiger partial charge is 0.454 e. The van der Waals surface area contributed by atoms with Crippen molar-refractivity contribution in [2.24, 2.45) is 0 Å². The standard InChI is InChI=1S/C49H29N3O3/c1-3-15-30(16-4-1)49-50-45-43(55-49)29-40(48-44(45)36-21-9-12-28-42(36)54-48)52(39-26-14-23-35-33-20-8-11-27-41(33)53-47(35)39)38-25-13-22-34-32-19-7-10-24-37(32)51(46(34)38)31-17-5-2-6-18-31/h1-29H. The van der Waals surface area contributed by atoms with Gasteiger partial charge in [-0.25, -0.2) is 4.98 Å². The maximum atomic E-state index is 6.93. The molecule has 12 aromatic rings. The highest BCUT2D eigenvalue weighted by Crippen LogP contribution is 2.51. The Hall–Kier alpha value is -7.57. The van der Waals surface area contributed by atoms with Gasteiger partial charge in [0.15, 0.2) is 16.7 Å². The smallest absolute Gasteiger partial charge is 0.227 e. The van der Waals surface area contributed by atoms with Crippen LogP contribution >= 0.6 is 0 Å². The summed E-state index contributed by atoms with van der Waals surface area (Å²) in [4.78, 5) is 7.41. The second-order valence-corrected chi connectivity index (χ2v) is 13.9. The molecule has 0 spiro atoms. The summed E-state index contributed by atoms with van der Waals surface area (Å²) in [5.74, 6) is 0.552. The molecule has 258 valence electrons. The topological polar surface area (TPSA) is 60.5 Å². The van der Waals surface area contributed by atoms with Crippen LogP contribution < -0.4 is 4.90 Å². The number of furan rings is 2. The molecule has 4 aromatic heterocycles. The lowest BCUT2D eigenvalue weighted by Gasteiger charge is -2.27. The van der Waals surface area contributed by atoms with Crippen molar-refractivity contribution < 1.29 is 13.3 Å². The summed E-state index contributed by atoms with van der Waals surface area (Å²) in [6, 6.07) is 60.6. The van der Waals surface area contributed by atoms with Crippen LogP contribution in [0.2, 0.25) is 0 Å². The maximum Gasteiger partial charge on any atom is 0.227 e. The van der Waals surface area contributed by atoms with Crippen LogP contribution in [-0.4, -0.2) is 9.55 Å². The number of oxazole rings is 1. The summed E-state index contributed by atoms with van der Waals surface area (Å²) in [6.07, 6.45) is 0. The van der Waals surface area contributed by atoms with Gasteiger partial charge in [0.1, 0.15) is 16.7 Å². The van der Waals surface area contributed by atoms with E-state index in [2.05, 4.69) is 125 Å². The molecule has 0 saturated carbocycles.